The number of carbonyl (C=O) groups is 3. The van der Waals surface area contributed by atoms with Gasteiger partial charge in [0.1, 0.15) is 6.04 Å². The number of aliphatic carboxylic acids is 2. The predicted octanol–water partition coefficient (Wildman–Crippen LogP) is 0.467. The second kappa shape index (κ2) is 6.81. The standard InChI is InChI=1S/C10H17NO5/c1-6(2)3-4-8(12)11-7(10(15)16)5-9(13)14/h6-7H,3-5H2,1-2H3,(H,11,12)(H,13,14)(H,15,16)/t7-/m0/s1. The molecule has 0 radical (unpaired) electrons. The van der Waals surface area contributed by atoms with Crippen molar-refractivity contribution in [1.29, 1.82) is 0 Å². The molecule has 0 rings (SSSR count). The zero-order valence-corrected chi connectivity index (χ0v) is 9.40. The highest BCUT2D eigenvalue weighted by Gasteiger charge is 2.22. The van der Waals surface area contributed by atoms with Gasteiger partial charge >= 0.3 is 11.9 Å². The highest BCUT2D eigenvalue weighted by Crippen LogP contribution is 2.03. The minimum Gasteiger partial charge on any atom is -0.481 e. The lowest BCUT2D eigenvalue weighted by Gasteiger charge is -2.12. The molecule has 3 N–H and O–H groups in total. The van der Waals surface area contributed by atoms with Crippen LogP contribution in [0.15, 0.2) is 0 Å². The molecule has 1 atom stereocenters. The summed E-state index contributed by atoms with van der Waals surface area (Å²) in [5, 5.41) is 19.3. The van der Waals surface area contributed by atoms with E-state index in [1.54, 1.807) is 0 Å². The number of carboxylic acids is 2. The molecule has 0 aliphatic carbocycles. The SMILES string of the molecule is CC(C)CCC(=O)N[C@@H](CC(=O)O)C(=O)O. The maximum absolute atomic E-state index is 11.3. The molecule has 92 valence electrons. The van der Waals surface area contributed by atoms with Crippen LogP contribution in [-0.2, 0) is 14.4 Å². The Labute approximate surface area is 93.6 Å². The molecule has 0 heterocycles. The van der Waals surface area contributed by atoms with Crippen LogP contribution >= 0.6 is 0 Å². The third kappa shape index (κ3) is 6.80. The maximum atomic E-state index is 11.3. The first-order valence-corrected chi connectivity index (χ1v) is 5.07. The predicted molar refractivity (Wildman–Crippen MR) is 55.9 cm³/mol. The topological polar surface area (TPSA) is 104 Å². The van der Waals surface area contributed by atoms with Gasteiger partial charge in [0.05, 0.1) is 6.42 Å². The molecular formula is C10H17NO5. The molecule has 0 aromatic rings. The van der Waals surface area contributed by atoms with Crippen LogP contribution in [0.4, 0.5) is 0 Å². The first kappa shape index (κ1) is 14.4. The van der Waals surface area contributed by atoms with Crippen LogP contribution in [0.5, 0.6) is 0 Å². The van der Waals surface area contributed by atoms with Gasteiger partial charge in [-0.25, -0.2) is 4.79 Å². The molecule has 0 aromatic heterocycles. The van der Waals surface area contributed by atoms with Crippen molar-refractivity contribution in [2.45, 2.75) is 39.2 Å². The molecule has 0 unspecified atom stereocenters. The molecule has 16 heavy (non-hydrogen) atoms. The largest absolute Gasteiger partial charge is 0.481 e. The monoisotopic (exact) mass is 231 g/mol. The quantitative estimate of drug-likeness (QED) is 0.590. The van der Waals surface area contributed by atoms with Gasteiger partial charge in [-0.15, -0.1) is 0 Å². The number of rotatable bonds is 7. The molecule has 0 spiro atoms. The molecule has 0 saturated heterocycles. The van der Waals surface area contributed by atoms with Gasteiger partial charge in [-0.3, -0.25) is 9.59 Å². The normalized spacial score (nSPS) is 12.2. The number of carbonyl (C=O) groups excluding carboxylic acids is 1. The Balaban J connectivity index is 4.13. The number of carboxylic acid groups (broad SMARTS) is 2. The average molecular weight is 231 g/mol. The van der Waals surface area contributed by atoms with E-state index < -0.39 is 30.3 Å². The van der Waals surface area contributed by atoms with Gasteiger partial charge in [0, 0.05) is 6.42 Å². The van der Waals surface area contributed by atoms with E-state index in [1.807, 2.05) is 13.8 Å². The highest BCUT2D eigenvalue weighted by atomic mass is 16.4. The van der Waals surface area contributed by atoms with Crippen LogP contribution in [0.3, 0.4) is 0 Å². The minimum absolute atomic E-state index is 0.209. The molecule has 0 aliphatic rings. The van der Waals surface area contributed by atoms with E-state index in [-0.39, 0.29) is 6.42 Å². The Morgan fingerprint density at radius 2 is 1.75 bits per heavy atom. The van der Waals surface area contributed by atoms with Crippen molar-refractivity contribution in [3.05, 3.63) is 0 Å². The summed E-state index contributed by atoms with van der Waals surface area (Å²) < 4.78 is 0. The summed E-state index contributed by atoms with van der Waals surface area (Å²) in [6.45, 7) is 3.89. The average Bonchev–Trinajstić information content (AvgIpc) is 2.12. The van der Waals surface area contributed by atoms with E-state index in [2.05, 4.69) is 5.32 Å². The highest BCUT2D eigenvalue weighted by molar-refractivity contribution is 5.86. The zero-order chi connectivity index (χ0) is 12.7. The van der Waals surface area contributed by atoms with Gasteiger partial charge < -0.3 is 15.5 Å². The van der Waals surface area contributed by atoms with E-state index in [0.29, 0.717) is 12.3 Å². The molecule has 1 amide bonds. The molecule has 0 saturated carbocycles. The fourth-order valence-electron chi connectivity index (χ4n) is 1.06. The van der Waals surface area contributed by atoms with E-state index >= 15 is 0 Å². The van der Waals surface area contributed by atoms with Crippen molar-refractivity contribution in [2.75, 3.05) is 0 Å². The first-order chi connectivity index (χ1) is 7.32. The Morgan fingerprint density at radius 3 is 2.12 bits per heavy atom. The fourth-order valence-corrected chi connectivity index (χ4v) is 1.06. The van der Waals surface area contributed by atoms with Crippen LogP contribution in [0, 0.1) is 5.92 Å². The van der Waals surface area contributed by atoms with Gasteiger partial charge in [0.15, 0.2) is 0 Å². The van der Waals surface area contributed by atoms with Crippen molar-refractivity contribution in [3.8, 4) is 0 Å². The Hall–Kier alpha value is -1.59. The number of amides is 1. The molecule has 0 aromatic carbocycles. The van der Waals surface area contributed by atoms with Crippen LogP contribution < -0.4 is 5.32 Å². The van der Waals surface area contributed by atoms with Gasteiger partial charge in [-0.05, 0) is 12.3 Å². The van der Waals surface area contributed by atoms with Crippen LogP contribution in [0.1, 0.15) is 33.1 Å². The lowest BCUT2D eigenvalue weighted by molar-refractivity contribution is -0.147. The lowest BCUT2D eigenvalue weighted by atomic mass is 10.1. The van der Waals surface area contributed by atoms with Gasteiger partial charge in [-0.1, -0.05) is 13.8 Å². The summed E-state index contributed by atoms with van der Waals surface area (Å²) in [6.07, 6.45) is 0.245. The molecule has 0 bridgehead atoms. The number of hydrogen-bond donors (Lipinski definition) is 3. The van der Waals surface area contributed by atoms with Crippen molar-refractivity contribution in [2.24, 2.45) is 5.92 Å². The van der Waals surface area contributed by atoms with E-state index in [0.717, 1.165) is 0 Å². The number of nitrogens with one attached hydrogen (secondary N) is 1. The molecule has 6 nitrogen and oxygen atoms in total. The van der Waals surface area contributed by atoms with E-state index in [4.69, 9.17) is 10.2 Å². The second-order valence-corrected chi connectivity index (χ2v) is 3.99. The van der Waals surface area contributed by atoms with Crippen molar-refractivity contribution in [3.63, 3.8) is 0 Å². The summed E-state index contributed by atoms with van der Waals surface area (Å²) in [4.78, 5) is 32.3. The summed E-state index contributed by atoms with van der Waals surface area (Å²) in [7, 11) is 0. The molecular weight excluding hydrogens is 214 g/mol. The third-order valence-electron chi connectivity index (χ3n) is 1.96. The van der Waals surface area contributed by atoms with E-state index in [9.17, 15) is 14.4 Å². The lowest BCUT2D eigenvalue weighted by Crippen LogP contribution is -2.42. The van der Waals surface area contributed by atoms with Crippen molar-refractivity contribution >= 4 is 17.8 Å². The van der Waals surface area contributed by atoms with Crippen LogP contribution in [0.25, 0.3) is 0 Å². The van der Waals surface area contributed by atoms with Gasteiger partial charge in [-0.2, -0.15) is 0 Å². The molecule has 0 fully saturated rings. The summed E-state index contributed by atoms with van der Waals surface area (Å²) in [5.74, 6) is -2.67. The smallest absolute Gasteiger partial charge is 0.326 e. The zero-order valence-electron chi connectivity index (χ0n) is 9.40. The summed E-state index contributed by atoms with van der Waals surface area (Å²) in [5.41, 5.74) is 0. The van der Waals surface area contributed by atoms with E-state index in [1.165, 1.54) is 0 Å². The first-order valence-electron chi connectivity index (χ1n) is 5.07. The maximum Gasteiger partial charge on any atom is 0.326 e. The van der Waals surface area contributed by atoms with Crippen molar-refractivity contribution in [1.82, 2.24) is 5.32 Å². The Morgan fingerprint density at radius 1 is 1.19 bits per heavy atom. The minimum atomic E-state index is -1.35. The fraction of sp³-hybridized carbons (Fsp3) is 0.700. The van der Waals surface area contributed by atoms with Gasteiger partial charge in [0.25, 0.3) is 0 Å². The molecule has 0 aliphatic heterocycles. The second-order valence-electron chi connectivity index (χ2n) is 3.99. The number of hydrogen-bond acceptors (Lipinski definition) is 3. The molecule has 6 heteroatoms. The third-order valence-corrected chi connectivity index (χ3v) is 1.96. The van der Waals surface area contributed by atoms with Crippen LogP contribution in [-0.4, -0.2) is 34.1 Å². The Bertz CT molecular complexity index is 274. The summed E-state index contributed by atoms with van der Waals surface area (Å²) in [6, 6.07) is -1.35. The Kier molecular flexibility index (Phi) is 6.14. The van der Waals surface area contributed by atoms with Crippen LogP contribution in [0.2, 0.25) is 0 Å². The summed E-state index contributed by atoms with van der Waals surface area (Å²) >= 11 is 0. The van der Waals surface area contributed by atoms with Crippen molar-refractivity contribution < 1.29 is 24.6 Å². The van der Waals surface area contributed by atoms with Gasteiger partial charge in [0.2, 0.25) is 5.91 Å².